The molecule has 7 nitrogen and oxygen atoms in total. The van der Waals surface area contributed by atoms with Gasteiger partial charge in [0.1, 0.15) is 5.75 Å². The van der Waals surface area contributed by atoms with Crippen molar-refractivity contribution in [1.29, 1.82) is 0 Å². The number of carboxylic acid groups (broad SMARTS) is 1. The Bertz CT molecular complexity index is 557. The quantitative estimate of drug-likeness (QED) is 0.612. The highest BCUT2D eigenvalue weighted by Crippen LogP contribution is 2.20. The number of benzene rings is 1. The van der Waals surface area contributed by atoms with Crippen LogP contribution in [0.5, 0.6) is 5.75 Å². The smallest absolute Gasteiger partial charge is 0.305 e. The van der Waals surface area contributed by atoms with Gasteiger partial charge in [0.05, 0.1) is 12.2 Å². The number of hydrogen-bond acceptors (Lipinski definition) is 5. The number of anilines is 1. The molecule has 0 aromatic heterocycles. The molecule has 0 saturated heterocycles. The Balaban J connectivity index is 2.72. The summed E-state index contributed by atoms with van der Waals surface area (Å²) in [4.78, 5) is 12.3. The second kappa shape index (κ2) is 7.11. The first-order valence-corrected chi connectivity index (χ1v) is 7.60. The van der Waals surface area contributed by atoms with Gasteiger partial charge in [-0.3, -0.25) is 9.35 Å². The normalized spacial score (nSPS) is 11.2. The number of aromatic hydroxyl groups is 1. The van der Waals surface area contributed by atoms with Crippen LogP contribution >= 0.6 is 0 Å². The van der Waals surface area contributed by atoms with Crippen molar-refractivity contribution in [2.45, 2.75) is 12.8 Å². The summed E-state index contributed by atoms with van der Waals surface area (Å²) in [5.74, 6) is -1.32. The third-order valence-electron chi connectivity index (χ3n) is 2.62. The van der Waals surface area contributed by atoms with Gasteiger partial charge in [-0.1, -0.05) is 6.07 Å². The molecule has 0 radical (unpaired) electrons. The third kappa shape index (κ3) is 6.39. The van der Waals surface area contributed by atoms with Crippen molar-refractivity contribution in [3.05, 3.63) is 24.3 Å². The van der Waals surface area contributed by atoms with Gasteiger partial charge in [0.15, 0.2) is 0 Å². The largest absolute Gasteiger partial charge is 0.508 e. The van der Waals surface area contributed by atoms with Crippen molar-refractivity contribution in [1.82, 2.24) is 0 Å². The van der Waals surface area contributed by atoms with Gasteiger partial charge in [0.2, 0.25) is 0 Å². The van der Waals surface area contributed by atoms with Crippen molar-refractivity contribution >= 4 is 21.8 Å². The zero-order chi connectivity index (χ0) is 15.2. The molecule has 0 heterocycles. The van der Waals surface area contributed by atoms with E-state index < -0.39 is 21.8 Å². The van der Waals surface area contributed by atoms with Crippen LogP contribution in [0.25, 0.3) is 0 Å². The van der Waals surface area contributed by atoms with E-state index in [1.54, 1.807) is 17.0 Å². The van der Waals surface area contributed by atoms with Crippen LogP contribution in [0.3, 0.4) is 0 Å². The van der Waals surface area contributed by atoms with E-state index in [-0.39, 0.29) is 31.7 Å². The Morgan fingerprint density at radius 1 is 1.25 bits per heavy atom. The van der Waals surface area contributed by atoms with Gasteiger partial charge in [0.25, 0.3) is 10.1 Å². The van der Waals surface area contributed by atoms with E-state index >= 15 is 0 Å². The molecular weight excluding hydrogens is 286 g/mol. The van der Waals surface area contributed by atoms with Gasteiger partial charge >= 0.3 is 5.97 Å². The molecule has 1 rings (SSSR count). The zero-order valence-electron chi connectivity index (χ0n) is 10.8. The molecule has 20 heavy (non-hydrogen) atoms. The third-order valence-corrected chi connectivity index (χ3v) is 3.43. The Morgan fingerprint density at radius 3 is 2.50 bits per heavy atom. The average molecular weight is 303 g/mol. The van der Waals surface area contributed by atoms with E-state index in [0.717, 1.165) is 0 Å². The van der Waals surface area contributed by atoms with E-state index in [1.807, 2.05) is 0 Å². The Morgan fingerprint density at radius 2 is 1.95 bits per heavy atom. The number of aliphatic carboxylic acids is 1. The fraction of sp³-hybridized carbons (Fsp3) is 0.417. The van der Waals surface area contributed by atoms with Crippen LogP contribution in [0.2, 0.25) is 0 Å². The van der Waals surface area contributed by atoms with Gasteiger partial charge in [-0.2, -0.15) is 8.42 Å². The topological polar surface area (TPSA) is 115 Å². The number of hydrogen-bond donors (Lipinski definition) is 3. The molecule has 112 valence electrons. The second-order valence-electron chi connectivity index (χ2n) is 4.29. The highest BCUT2D eigenvalue weighted by molar-refractivity contribution is 7.85. The SMILES string of the molecule is O=C(O)CCN(CCCS(=O)(=O)O)c1cccc(O)c1. The summed E-state index contributed by atoms with van der Waals surface area (Å²) in [6.07, 6.45) is 0.0512. The van der Waals surface area contributed by atoms with Crippen LogP contribution in [0.1, 0.15) is 12.8 Å². The summed E-state index contributed by atoms with van der Waals surface area (Å²) in [5.41, 5.74) is 0.599. The number of nitrogens with zero attached hydrogens (tertiary/aromatic N) is 1. The molecule has 8 heteroatoms. The minimum Gasteiger partial charge on any atom is -0.508 e. The van der Waals surface area contributed by atoms with Gasteiger partial charge < -0.3 is 15.1 Å². The Labute approximate surface area is 117 Å². The number of rotatable bonds is 8. The fourth-order valence-electron chi connectivity index (χ4n) is 1.73. The van der Waals surface area contributed by atoms with Crippen LogP contribution in [-0.4, -0.2) is 48.0 Å². The maximum atomic E-state index is 10.7. The summed E-state index contributed by atoms with van der Waals surface area (Å²) in [6.45, 7) is 0.445. The molecular formula is C12H17NO6S. The van der Waals surface area contributed by atoms with Crippen molar-refractivity contribution in [3.63, 3.8) is 0 Å². The highest BCUT2D eigenvalue weighted by Gasteiger charge is 2.11. The van der Waals surface area contributed by atoms with Crippen LogP contribution in [0.4, 0.5) is 5.69 Å². The van der Waals surface area contributed by atoms with Gasteiger partial charge in [-0.05, 0) is 18.6 Å². The van der Waals surface area contributed by atoms with Crippen molar-refractivity contribution in [3.8, 4) is 5.75 Å². The number of carbonyl (C=O) groups is 1. The molecule has 3 N–H and O–H groups in total. The van der Waals surface area contributed by atoms with Crippen molar-refractivity contribution < 1.29 is 28.0 Å². The Hall–Kier alpha value is -1.80. The first-order valence-electron chi connectivity index (χ1n) is 5.99. The van der Waals surface area contributed by atoms with Gasteiger partial charge in [0, 0.05) is 24.8 Å². The average Bonchev–Trinajstić information content (AvgIpc) is 2.31. The van der Waals surface area contributed by atoms with Crippen LogP contribution < -0.4 is 4.90 Å². The molecule has 0 aliphatic heterocycles. The number of carboxylic acids is 1. The van der Waals surface area contributed by atoms with Gasteiger partial charge in [-0.25, -0.2) is 0 Å². The molecule has 0 aliphatic rings. The molecule has 0 unspecified atom stereocenters. The summed E-state index contributed by atoms with van der Waals surface area (Å²) >= 11 is 0. The highest BCUT2D eigenvalue weighted by atomic mass is 32.2. The lowest BCUT2D eigenvalue weighted by Gasteiger charge is -2.24. The maximum absolute atomic E-state index is 10.7. The van der Waals surface area contributed by atoms with E-state index in [1.165, 1.54) is 12.1 Å². The molecule has 0 spiro atoms. The van der Waals surface area contributed by atoms with Crippen LogP contribution in [0.15, 0.2) is 24.3 Å². The summed E-state index contributed by atoms with van der Waals surface area (Å²) in [6, 6.07) is 6.25. The summed E-state index contributed by atoms with van der Waals surface area (Å²) in [5, 5.41) is 18.1. The van der Waals surface area contributed by atoms with E-state index in [2.05, 4.69) is 0 Å². The molecule has 0 saturated carbocycles. The molecule has 0 fully saturated rings. The Kier molecular flexibility index (Phi) is 5.78. The maximum Gasteiger partial charge on any atom is 0.305 e. The lowest BCUT2D eigenvalue weighted by atomic mass is 10.2. The predicted octanol–water partition coefficient (Wildman–Crippen LogP) is 0.951. The molecule has 0 atom stereocenters. The van der Waals surface area contributed by atoms with E-state index in [0.29, 0.717) is 5.69 Å². The monoisotopic (exact) mass is 303 g/mol. The number of phenolic OH excluding ortho intramolecular Hbond substituents is 1. The van der Waals surface area contributed by atoms with Crippen LogP contribution in [0, 0.1) is 0 Å². The van der Waals surface area contributed by atoms with Crippen molar-refractivity contribution in [2.75, 3.05) is 23.7 Å². The molecule has 1 aromatic carbocycles. The molecule has 1 aromatic rings. The predicted molar refractivity (Wildman–Crippen MR) is 73.6 cm³/mol. The standard InChI is InChI=1S/C12H17NO6S/c14-11-4-1-3-10(9-11)13(7-5-12(15)16)6-2-8-20(17,18)19/h1,3-4,9,14H,2,5-8H2,(H,15,16)(H,17,18,19). The van der Waals surface area contributed by atoms with Crippen molar-refractivity contribution in [2.24, 2.45) is 0 Å². The van der Waals surface area contributed by atoms with E-state index in [9.17, 15) is 18.3 Å². The van der Waals surface area contributed by atoms with Crippen LogP contribution in [-0.2, 0) is 14.9 Å². The lowest BCUT2D eigenvalue weighted by Crippen LogP contribution is -2.28. The minimum atomic E-state index is -4.03. The number of phenols is 1. The minimum absolute atomic E-state index is 0.0394. The summed E-state index contributed by atoms with van der Waals surface area (Å²) in [7, 11) is -4.03. The van der Waals surface area contributed by atoms with E-state index in [4.69, 9.17) is 9.66 Å². The molecule has 0 aliphatic carbocycles. The second-order valence-corrected chi connectivity index (χ2v) is 5.86. The molecule has 0 bridgehead atoms. The first kappa shape index (κ1) is 16.3. The lowest BCUT2D eigenvalue weighted by molar-refractivity contribution is -0.136. The summed E-state index contributed by atoms with van der Waals surface area (Å²) < 4.78 is 30.0. The zero-order valence-corrected chi connectivity index (χ0v) is 11.6. The molecule has 0 amide bonds. The van der Waals surface area contributed by atoms with Gasteiger partial charge in [-0.15, -0.1) is 0 Å². The first-order chi connectivity index (χ1) is 9.28. The fourth-order valence-corrected chi connectivity index (χ4v) is 2.22.